The molecule has 1 amide bonds. The second-order valence-electron chi connectivity index (χ2n) is 7.28. The van der Waals surface area contributed by atoms with Crippen LogP contribution in [0.15, 0.2) is 18.2 Å². The molecule has 0 unspecified atom stereocenters. The molecule has 0 atom stereocenters. The Morgan fingerprint density at radius 2 is 1.91 bits per heavy atom. The van der Waals surface area contributed by atoms with E-state index in [0.29, 0.717) is 19.0 Å². The first-order chi connectivity index (χ1) is 10.9. The van der Waals surface area contributed by atoms with Gasteiger partial charge in [0.25, 0.3) is 0 Å². The zero-order chi connectivity index (χ0) is 16.6. The Balaban J connectivity index is 1.76. The summed E-state index contributed by atoms with van der Waals surface area (Å²) in [4.78, 5) is 15.1. The van der Waals surface area contributed by atoms with Crippen molar-refractivity contribution in [3.05, 3.63) is 29.3 Å². The first-order valence-corrected chi connectivity index (χ1v) is 8.42. The highest BCUT2D eigenvalue weighted by atomic mass is 16.4. The van der Waals surface area contributed by atoms with Gasteiger partial charge in [-0.1, -0.05) is 12.1 Å². The van der Waals surface area contributed by atoms with Gasteiger partial charge < -0.3 is 20.0 Å². The first-order valence-electron chi connectivity index (χ1n) is 8.42. The summed E-state index contributed by atoms with van der Waals surface area (Å²) in [6, 6.07) is 6.22. The highest BCUT2D eigenvalue weighted by molar-refractivity contribution is 5.67. The number of nitrogens with zero attached hydrogens (tertiary/aromatic N) is 2. The minimum absolute atomic E-state index is 0.348. The monoisotopic (exact) mass is 318 g/mol. The van der Waals surface area contributed by atoms with Gasteiger partial charge in [-0.2, -0.15) is 0 Å². The number of hydrogen-bond donors (Lipinski definition) is 2. The van der Waals surface area contributed by atoms with E-state index in [1.54, 1.807) is 0 Å². The van der Waals surface area contributed by atoms with E-state index in [4.69, 9.17) is 0 Å². The number of rotatable bonds is 2. The summed E-state index contributed by atoms with van der Waals surface area (Å²) in [5.74, 6) is 0.348. The summed E-state index contributed by atoms with van der Waals surface area (Å²) < 4.78 is 0. The topological polar surface area (TPSA) is 64.0 Å². The molecule has 0 bridgehead atoms. The third-order valence-electron chi connectivity index (χ3n) is 5.35. The standard InChI is InChI=1S/C18H26N2O3/c1-18(2,23)14-6-9-19(10-7-14)16-5-3-4-13-12-20(17(21)22)11-8-15(13)16/h3-5,14,23H,6-12H2,1-2H3,(H,21,22). The quantitative estimate of drug-likeness (QED) is 0.880. The van der Waals surface area contributed by atoms with Gasteiger partial charge in [-0.05, 0) is 56.2 Å². The minimum Gasteiger partial charge on any atom is -0.465 e. The predicted octanol–water partition coefficient (Wildman–Crippen LogP) is 2.71. The molecule has 0 radical (unpaired) electrons. The van der Waals surface area contributed by atoms with Crippen LogP contribution in [-0.2, 0) is 13.0 Å². The van der Waals surface area contributed by atoms with E-state index in [2.05, 4.69) is 11.0 Å². The Labute approximate surface area is 137 Å². The molecule has 126 valence electrons. The maximum absolute atomic E-state index is 11.2. The van der Waals surface area contributed by atoms with Crippen molar-refractivity contribution in [2.24, 2.45) is 5.92 Å². The number of amides is 1. The molecule has 3 rings (SSSR count). The molecule has 1 aromatic carbocycles. The van der Waals surface area contributed by atoms with Crippen LogP contribution in [0.5, 0.6) is 0 Å². The van der Waals surface area contributed by atoms with Crippen LogP contribution in [0.4, 0.5) is 10.5 Å². The van der Waals surface area contributed by atoms with Gasteiger partial charge in [0.05, 0.1) is 5.60 Å². The smallest absolute Gasteiger partial charge is 0.407 e. The number of fused-ring (bicyclic) bond motifs is 1. The number of anilines is 1. The molecule has 0 aromatic heterocycles. The van der Waals surface area contributed by atoms with Gasteiger partial charge in [0.1, 0.15) is 0 Å². The fourth-order valence-electron chi connectivity index (χ4n) is 3.88. The second kappa shape index (κ2) is 6.04. The molecule has 2 aliphatic heterocycles. The van der Waals surface area contributed by atoms with Crippen molar-refractivity contribution in [2.75, 3.05) is 24.5 Å². The van der Waals surface area contributed by atoms with Crippen molar-refractivity contribution in [1.29, 1.82) is 0 Å². The Bertz CT molecular complexity index is 586. The number of benzene rings is 1. The average Bonchev–Trinajstić information content (AvgIpc) is 2.53. The molecule has 1 aromatic rings. The van der Waals surface area contributed by atoms with Gasteiger partial charge in [-0.3, -0.25) is 0 Å². The van der Waals surface area contributed by atoms with Crippen LogP contribution in [0.25, 0.3) is 0 Å². The summed E-state index contributed by atoms with van der Waals surface area (Å²) in [5, 5.41) is 19.4. The molecule has 0 spiro atoms. The highest BCUT2D eigenvalue weighted by Gasteiger charge is 2.32. The van der Waals surface area contributed by atoms with Crippen LogP contribution >= 0.6 is 0 Å². The third kappa shape index (κ3) is 3.29. The molecule has 5 nitrogen and oxygen atoms in total. The van der Waals surface area contributed by atoms with Crippen molar-refractivity contribution in [1.82, 2.24) is 4.90 Å². The fraction of sp³-hybridized carbons (Fsp3) is 0.611. The number of carbonyl (C=O) groups is 1. The Morgan fingerprint density at radius 3 is 2.52 bits per heavy atom. The maximum Gasteiger partial charge on any atom is 0.407 e. The lowest BCUT2D eigenvalue weighted by Gasteiger charge is -2.40. The minimum atomic E-state index is -0.841. The zero-order valence-corrected chi connectivity index (χ0v) is 14.0. The Hall–Kier alpha value is -1.75. The van der Waals surface area contributed by atoms with Gasteiger partial charge in [-0.15, -0.1) is 0 Å². The van der Waals surface area contributed by atoms with Crippen molar-refractivity contribution < 1.29 is 15.0 Å². The molecule has 2 heterocycles. The second-order valence-corrected chi connectivity index (χ2v) is 7.28. The van der Waals surface area contributed by atoms with Crippen LogP contribution in [0.3, 0.4) is 0 Å². The van der Waals surface area contributed by atoms with Gasteiger partial charge >= 0.3 is 6.09 Å². The molecule has 2 N–H and O–H groups in total. The van der Waals surface area contributed by atoms with Crippen LogP contribution in [0.1, 0.15) is 37.8 Å². The summed E-state index contributed by atoms with van der Waals surface area (Å²) >= 11 is 0. The van der Waals surface area contributed by atoms with E-state index < -0.39 is 11.7 Å². The molecule has 5 heteroatoms. The van der Waals surface area contributed by atoms with Crippen LogP contribution < -0.4 is 4.90 Å². The lowest BCUT2D eigenvalue weighted by Crippen LogP contribution is -2.42. The molecule has 0 aliphatic carbocycles. The molecule has 1 fully saturated rings. The number of aliphatic hydroxyl groups is 1. The predicted molar refractivity (Wildman–Crippen MR) is 89.8 cm³/mol. The van der Waals surface area contributed by atoms with Gasteiger partial charge in [0.2, 0.25) is 0 Å². The largest absolute Gasteiger partial charge is 0.465 e. The normalized spacial score (nSPS) is 19.6. The first kappa shape index (κ1) is 16.1. The SMILES string of the molecule is CC(C)(O)C1CCN(c2cccc3c2CCN(C(=O)O)C3)CC1. The van der Waals surface area contributed by atoms with E-state index in [0.717, 1.165) is 37.9 Å². The van der Waals surface area contributed by atoms with E-state index in [1.807, 2.05) is 26.0 Å². The maximum atomic E-state index is 11.2. The van der Waals surface area contributed by atoms with Crippen LogP contribution in [0, 0.1) is 5.92 Å². The molecular formula is C18H26N2O3. The van der Waals surface area contributed by atoms with E-state index in [-0.39, 0.29) is 0 Å². The molecule has 2 aliphatic rings. The van der Waals surface area contributed by atoms with Gasteiger partial charge in [0, 0.05) is 31.9 Å². The van der Waals surface area contributed by atoms with Crippen molar-refractivity contribution in [2.45, 2.75) is 45.3 Å². The van der Waals surface area contributed by atoms with Crippen LogP contribution in [0.2, 0.25) is 0 Å². The van der Waals surface area contributed by atoms with E-state index >= 15 is 0 Å². The lowest BCUT2D eigenvalue weighted by atomic mass is 9.82. The lowest BCUT2D eigenvalue weighted by molar-refractivity contribution is 0.00650. The number of piperidine rings is 1. The summed E-state index contributed by atoms with van der Waals surface area (Å²) in [6.45, 7) is 6.76. The summed E-state index contributed by atoms with van der Waals surface area (Å²) in [6.07, 6.45) is 1.93. The van der Waals surface area contributed by atoms with Crippen molar-refractivity contribution in [3.8, 4) is 0 Å². The highest BCUT2D eigenvalue weighted by Crippen LogP contribution is 2.34. The summed E-state index contributed by atoms with van der Waals surface area (Å²) in [7, 11) is 0. The van der Waals surface area contributed by atoms with Crippen molar-refractivity contribution >= 4 is 11.8 Å². The average molecular weight is 318 g/mol. The van der Waals surface area contributed by atoms with Crippen molar-refractivity contribution in [3.63, 3.8) is 0 Å². The molecule has 1 saturated heterocycles. The number of hydrogen-bond acceptors (Lipinski definition) is 3. The van der Waals surface area contributed by atoms with Gasteiger partial charge in [-0.25, -0.2) is 4.79 Å². The number of carboxylic acid groups (broad SMARTS) is 1. The molecule has 0 saturated carbocycles. The van der Waals surface area contributed by atoms with E-state index in [9.17, 15) is 15.0 Å². The molecule has 23 heavy (non-hydrogen) atoms. The Kier molecular flexibility index (Phi) is 4.23. The Morgan fingerprint density at radius 1 is 1.22 bits per heavy atom. The molecular weight excluding hydrogens is 292 g/mol. The van der Waals surface area contributed by atoms with E-state index in [1.165, 1.54) is 16.2 Å². The summed E-state index contributed by atoms with van der Waals surface area (Å²) in [5.41, 5.74) is 3.07. The third-order valence-corrected chi connectivity index (χ3v) is 5.35. The zero-order valence-electron chi connectivity index (χ0n) is 14.0. The van der Waals surface area contributed by atoms with Gasteiger partial charge in [0.15, 0.2) is 0 Å². The fourth-order valence-corrected chi connectivity index (χ4v) is 3.88. The van der Waals surface area contributed by atoms with Crippen LogP contribution in [-0.4, -0.2) is 46.4 Å².